The van der Waals surface area contributed by atoms with Crippen molar-refractivity contribution in [2.45, 2.75) is 13.5 Å². The maximum atomic E-state index is 11.0. The van der Waals surface area contributed by atoms with Crippen LogP contribution in [-0.4, -0.2) is 12.9 Å². The van der Waals surface area contributed by atoms with E-state index in [0.717, 1.165) is 11.1 Å². The number of rotatable bonds is 6. The Hall–Kier alpha value is -2.26. The van der Waals surface area contributed by atoms with E-state index in [2.05, 4.69) is 0 Å². The third-order valence-electron chi connectivity index (χ3n) is 2.98. The van der Waals surface area contributed by atoms with Crippen molar-refractivity contribution >= 4 is 23.5 Å². The summed E-state index contributed by atoms with van der Waals surface area (Å²) in [6, 6.07) is 13.0. The Bertz CT molecular complexity index is 692. The van der Waals surface area contributed by atoms with Crippen LogP contribution in [0.5, 0.6) is 11.5 Å². The van der Waals surface area contributed by atoms with E-state index in [-0.39, 0.29) is 5.78 Å². The van der Waals surface area contributed by atoms with Crippen molar-refractivity contribution in [2.24, 2.45) is 0 Å². The van der Waals surface area contributed by atoms with Gasteiger partial charge in [-0.2, -0.15) is 0 Å². The molecule has 0 aromatic heterocycles. The summed E-state index contributed by atoms with van der Waals surface area (Å²) in [5, 5.41) is 0.679. The van der Waals surface area contributed by atoms with E-state index in [9.17, 15) is 4.79 Å². The second-order valence-electron chi connectivity index (χ2n) is 4.77. The SMILES string of the molecule is COc1cc(/C=C/C(C)=O)ccc1OCc1cccc(Cl)c1. The average molecular weight is 317 g/mol. The number of hydrogen-bond donors (Lipinski definition) is 0. The molecular weight excluding hydrogens is 300 g/mol. The molecule has 0 atom stereocenters. The highest BCUT2D eigenvalue weighted by Gasteiger charge is 2.05. The molecule has 3 nitrogen and oxygen atoms in total. The molecular formula is C18H17ClO3. The lowest BCUT2D eigenvalue weighted by Crippen LogP contribution is -1.98. The normalized spacial score (nSPS) is 10.7. The van der Waals surface area contributed by atoms with Gasteiger partial charge in [-0.25, -0.2) is 0 Å². The number of benzene rings is 2. The summed E-state index contributed by atoms with van der Waals surface area (Å²) in [5.41, 5.74) is 1.86. The molecule has 0 unspecified atom stereocenters. The van der Waals surface area contributed by atoms with Crippen LogP contribution in [0.4, 0.5) is 0 Å². The highest BCUT2D eigenvalue weighted by molar-refractivity contribution is 6.30. The van der Waals surface area contributed by atoms with Gasteiger partial charge in [0.15, 0.2) is 17.3 Å². The van der Waals surface area contributed by atoms with Gasteiger partial charge in [0.1, 0.15) is 6.61 Å². The summed E-state index contributed by atoms with van der Waals surface area (Å²) in [6.45, 7) is 1.91. The fraction of sp³-hybridized carbons (Fsp3) is 0.167. The minimum Gasteiger partial charge on any atom is -0.493 e. The Kier molecular flexibility index (Phi) is 5.61. The fourth-order valence-electron chi connectivity index (χ4n) is 1.91. The molecule has 0 amide bonds. The van der Waals surface area contributed by atoms with Gasteiger partial charge < -0.3 is 9.47 Å². The van der Waals surface area contributed by atoms with E-state index in [4.69, 9.17) is 21.1 Å². The van der Waals surface area contributed by atoms with Gasteiger partial charge >= 0.3 is 0 Å². The highest BCUT2D eigenvalue weighted by atomic mass is 35.5. The molecule has 2 aromatic carbocycles. The van der Waals surface area contributed by atoms with Crippen LogP contribution < -0.4 is 9.47 Å². The second kappa shape index (κ2) is 7.66. The van der Waals surface area contributed by atoms with E-state index in [1.165, 1.54) is 13.0 Å². The Morgan fingerprint density at radius 2 is 2.00 bits per heavy atom. The van der Waals surface area contributed by atoms with Crippen LogP contribution in [0.2, 0.25) is 5.02 Å². The van der Waals surface area contributed by atoms with Gasteiger partial charge in [-0.15, -0.1) is 0 Å². The van der Waals surface area contributed by atoms with E-state index in [0.29, 0.717) is 23.1 Å². The number of allylic oxidation sites excluding steroid dienone is 1. The monoisotopic (exact) mass is 316 g/mol. The molecule has 0 aliphatic heterocycles. The predicted octanol–water partition coefficient (Wildman–Crippen LogP) is 4.53. The van der Waals surface area contributed by atoms with Crippen LogP contribution in [-0.2, 0) is 11.4 Å². The van der Waals surface area contributed by atoms with Crippen molar-refractivity contribution in [3.63, 3.8) is 0 Å². The number of ketones is 1. The fourth-order valence-corrected chi connectivity index (χ4v) is 2.12. The first kappa shape index (κ1) is 16.1. The molecule has 2 aromatic rings. The molecule has 0 bridgehead atoms. The smallest absolute Gasteiger partial charge is 0.161 e. The zero-order valence-electron chi connectivity index (χ0n) is 12.5. The van der Waals surface area contributed by atoms with E-state index < -0.39 is 0 Å². The van der Waals surface area contributed by atoms with Crippen molar-refractivity contribution in [3.05, 3.63) is 64.7 Å². The van der Waals surface area contributed by atoms with Crippen molar-refractivity contribution < 1.29 is 14.3 Å². The highest BCUT2D eigenvalue weighted by Crippen LogP contribution is 2.29. The number of ether oxygens (including phenoxy) is 2. The number of carbonyl (C=O) groups excluding carboxylic acids is 1. The molecule has 4 heteroatoms. The number of methoxy groups -OCH3 is 1. The molecule has 0 saturated heterocycles. The molecule has 0 radical (unpaired) electrons. The summed E-state index contributed by atoms with van der Waals surface area (Å²) >= 11 is 5.95. The van der Waals surface area contributed by atoms with Gasteiger partial charge in [0.05, 0.1) is 7.11 Å². The zero-order chi connectivity index (χ0) is 15.9. The Balaban J connectivity index is 2.12. The van der Waals surface area contributed by atoms with Crippen LogP contribution in [0.15, 0.2) is 48.5 Å². The van der Waals surface area contributed by atoms with Gasteiger partial charge in [0.2, 0.25) is 0 Å². The lowest BCUT2D eigenvalue weighted by molar-refractivity contribution is -0.112. The number of hydrogen-bond acceptors (Lipinski definition) is 3. The van der Waals surface area contributed by atoms with Crippen LogP contribution in [0.1, 0.15) is 18.1 Å². The standard InChI is InChI=1S/C18H17ClO3/c1-13(20)6-7-14-8-9-17(18(11-14)21-2)22-12-15-4-3-5-16(19)10-15/h3-11H,12H2,1-2H3/b7-6+. The number of halogens is 1. The lowest BCUT2D eigenvalue weighted by Gasteiger charge is -2.11. The van der Waals surface area contributed by atoms with Crippen LogP contribution in [0.25, 0.3) is 6.08 Å². The molecule has 0 spiro atoms. The van der Waals surface area contributed by atoms with Crippen molar-refractivity contribution in [1.29, 1.82) is 0 Å². The van der Waals surface area contributed by atoms with Gasteiger partial charge in [0.25, 0.3) is 0 Å². The van der Waals surface area contributed by atoms with Gasteiger partial charge in [-0.1, -0.05) is 35.9 Å². The van der Waals surface area contributed by atoms with Gasteiger partial charge in [-0.3, -0.25) is 4.79 Å². The van der Waals surface area contributed by atoms with E-state index in [1.807, 2.05) is 42.5 Å². The third kappa shape index (κ3) is 4.64. The number of carbonyl (C=O) groups is 1. The topological polar surface area (TPSA) is 35.5 Å². The molecule has 0 fully saturated rings. The van der Waals surface area contributed by atoms with Crippen LogP contribution >= 0.6 is 11.6 Å². The summed E-state index contributed by atoms with van der Waals surface area (Å²) in [7, 11) is 1.58. The zero-order valence-corrected chi connectivity index (χ0v) is 13.3. The minimum atomic E-state index is 0.000231. The first-order chi connectivity index (χ1) is 10.6. The largest absolute Gasteiger partial charge is 0.493 e. The summed E-state index contributed by atoms with van der Waals surface area (Å²) in [4.78, 5) is 11.0. The lowest BCUT2D eigenvalue weighted by atomic mass is 10.1. The van der Waals surface area contributed by atoms with Crippen molar-refractivity contribution in [1.82, 2.24) is 0 Å². The third-order valence-corrected chi connectivity index (χ3v) is 3.22. The predicted molar refractivity (Wildman–Crippen MR) is 88.5 cm³/mol. The van der Waals surface area contributed by atoms with E-state index >= 15 is 0 Å². The van der Waals surface area contributed by atoms with Gasteiger partial charge in [-0.05, 0) is 48.4 Å². The van der Waals surface area contributed by atoms with Crippen LogP contribution in [0.3, 0.4) is 0 Å². The maximum Gasteiger partial charge on any atom is 0.161 e. The molecule has 0 aliphatic carbocycles. The van der Waals surface area contributed by atoms with Crippen LogP contribution in [0, 0.1) is 0 Å². The minimum absolute atomic E-state index is 0.000231. The average Bonchev–Trinajstić information content (AvgIpc) is 2.51. The molecule has 0 saturated carbocycles. The molecule has 22 heavy (non-hydrogen) atoms. The summed E-state index contributed by atoms with van der Waals surface area (Å²) in [6.07, 6.45) is 3.26. The van der Waals surface area contributed by atoms with Gasteiger partial charge in [0, 0.05) is 5.02 Å². The first-order valence-corrected chi connectivity index (χ1v) is 7.20. The molecule has 0 aliphatic rings. The second-order valence-corrected chi connectivity index (χ2v) is 5.21. The summed E-state index contributed by atoms with van der Waals surface area (Å²) in [5.74, 6) is 1.26. The molecule has 0 heterocycles. The first-order valence-electron chi connectivity index (χ1n) is 6.82. The Morgan fingerprint density at radius 3 is 2.68 bits per heavy atom. The Labute approximate surface area is 135 Å². The quantitative estimate of drug-likeness (QED) is 0.734. The summed E-state index contributed by atoms with van der Waals surface area (Å²) < 4.78 is 11.1. The van der Waals surface area contributed by atoms with E-state index in [1.54, 1.807) is 13.2 Å². The van der Waals surface area contributed by atoms with Crippen molar-refractivity contribution in [2.75, 3.05) is 7.11 Å². The van der Waals surface area contributed by atoms with Crippen molar-refractivity contribution in [3.8, 4) is 11.5 Å². The maximum absolute atomic E-state index is 11.0. The molecule has 114 valence electrons. The molecule has 0 N–H and O–H groups in total. The molecule has 2 rings (SSSR count). The Morgan fingerprint density at radius 1 is 1.18 bits per heavy atom.